The summed E-state index contributed by atoms with van der Waals surface area (Å²) in [6, 6.07) is 8.60. The molecule has 4 heteroatoms. The van der Waals surface area contributed by atoms with Gasteiger partial charge < -0.3 is 10.2 Å². The molecule has 0 heterocycles. The van der Waals surface area contributed by atoms with E-state index in [0.717, 1.165) is 4.90 Å². The zero-order chi connectivity index (χ0) is 10.6. The zero-order valence-corrected chi connectivity index (χ0v) is 8.35. The Balaban J connectivity index is 2.74. The van der Waals surface area contributed by atoms with Crippen molar-refractivity contribution in [3.63, 3.8) is 0 Å². The first-order chi connectivity index (χ1) is 6.65. The predicted molar refractivity (Wildman–Crippen MR) is 54.9 cm³/mol. The molecule has 0 aromatic heterocycles. The Morgan fingerprint density at radius 2 is 1.86 bits per heavy atom. The maximum Gasteiger partial charge on any atom is 0.106 e. The van der Waals surface area contributed by atoms with E-state index in [1.165, 1.54) is 0 Å². The van der Waals surface area contributed by atoms with Gasteiger partial charge in [0, 0.05) is 4.90 Å². The number of nitrogens with zero attached hydrogens (tertiary/aromatic N) is 1. The van der Waals surface area contributed by atoms with Crippen molar-refractivity contribution in [1.29, 1.82) is 5.26 Å². The second-order valence-corrected chi connectivity index (χ2v) is 3.48. The number of hydrogen-bond donors (Lipinski definition) is 3. The highest BCUT2D eigenvalue weighted by molar-refractivity contribution is 7.80. The molecule has 1 aromatic carbocycles. The van der Waals surface area contributed by atoms with Gasteiger partial charge in [0.1, 0.15) is 6.10 Å². The van der Waals surface area contributed by atoms with Crippen LogP contribution in [0.5, 0.6) is 0 Å². The van der Waals surface area contributed by atoms with E-state index in [4.69, 9.17) is 5.26 Å². The van der Waals surface area contributed by atoms with Crippen LogP contribution in [0.1, 0.15) is 18.1 Å². The van der Waals surface area contributed by atoms with Crippen LogP contribution in [-0.4, -0.2) is 16.3 Å². The molecule has 3 nitrogen and oxygen atoms in total. The van der Waals surface area contributed by atoms with E-state index in [1.807, 2.05) is 0 Å². The van der Waals surface area contributed by atoms with Crippen LogP contribution >= 0.6 is 12.6 Å². The summed E-state index contributed by atoms with van der Waals surface area (Å²) >= 11 is 4.10. The van der Waals surface area contributed by atoms with E-state index < -0.39 is 12.2 Å². The molecule has 0 saturated carbocycles. The van der Waals surface area contributed by atoms with Crippen LogP contribution in [0, 0.1) is 11.3 Å². The van der Waals surface area contributed by atoms with Crippen molar-refractivity contribution in [2.45, 2.75) is 23.5 Å². The lowest BCUT2D eigenvalue weighted by atomic mass is 10.0. The molecule has 14 heavy (non-hydrogen) atoms. The van der Waals surface area contributed by atoms with E-state index in [0.29, 0.717) is 5.56 Å². The SMILES string of the molecule is N#CCC(O)C(O)c1ccc(S)cc1. The van der Waals surface area contributed by atoms with Gasteiger partial charge in [-0.2, -0.15) is 5.26 Å². The van der Waals surface area contributed by atoms with Crippen LogP contribution in [-0.2, 0) is 0 Å². The van der Waals surface area contributed by atoms with Crippen LogP contribution in [0.25, 0.3) is 0 Å². The zero-order valence-electron chi connectivity index (χ0n) is 7.46. The Labute approximate surface area is 88.0 Å². The first-order valence-electron chi connectivity index (χ1n) is 4.17. The molecular weight excluding hydrogens is 198 g/mol. The third-order valence-corrected chi connectivity index (χ3v) is 2.20. The second kappa shape index (κ2) is 5.01. The number of aliphatic hydroxyl groups excluding tert-OH is 2. The summed E-state index contributed by atoms with van der Waals surface area (Å²) in [6.45, 7) is 0. The Morgan fingerprint density at radius 1 is 1.29 bits per heavy atom. The van der Waals surface area contributed by atoms with Crippen molar-refractivity contribution < 1.29 is 10.2 Å². The van der Waals surface area contributed by atoms with Gasteiger partial charge in [-0.3, -0.25) is 0 Å². The number of benzene rings is 1. The number of nitriles is 1. The molecule has 1 rings (SSSR count). The van der Waals surface area contributed by atoms with Crippen molar-refractivity contribution in [1.82, 2.24) is 0 Å². The lowest BCUT2D eigenvalue weighted by Gasteiger charge is -2.15. The Bertz CT molecular complexity index is 331. The molecular formula is C10H11NO2S. The highest BCUT2D eigenvalue weighted by Crippen LogP contribution is 2.19. The highest BCUT2D eigenvalue weighted by atomic mass is 32.1. The van der Waals surface area contributed by atoms with Gasteiger partial charge in [-0.15, -0.1) is 12.6 Å². The van der Waals surface area contributed by atoms with E-state index >= 15 is 0 Å². The largest absolute Gasteiger partial charge is 0.389 e. The average Bonchev–Trinajstić information content (AvgIpc) is 2.18. The minimum absolute atomic E-state index is 0.0796. The van der Waals surface area contributed by atoms with Crippen molar-refractivity contribution in [2.24, 2.45) is 0 Å². The monoisotopic (exact) mass is 209 g/mol. The van der Waals surface area contributed by atoms with Crippen LogP contribution in [0.4, 0.5) is 0 Å². The Kier molecular flexibility index (Phi) is 3.96. The lowest BCUT2D eigenvalue weighted by Crippen LogP contribution is -2.17. The molecule has 0 saturated heterocycles. The fraction of sp³-hybridized carbons (Fsp3) is 0.300. The van der Waals surface area contributed by atoms with Crippen LogP contribution in [0.3, 0.4) is 0 Å². The standard InChI is InChI=1S/C10H11NO2S/c11-6-5-9(12)10(13)7-1-3-8(14)4-2-7/h1-4,9-10,12-14H,5H2. The average molecular weight is 209 g/mol. The van der Waals surface area contributed by atoms with Gasteiger partial charge in [0.15, 0.2) is 0 Å². The molecule has 0 aliphatic heterocycles. The third-order valence-electron chi connectivity index (χ3n) is 1.90. The van der Waals surface area contributed by atoms with Crippen molar-refractivity contribution in [2.75, 3.05) is 0 Å². The lowest BCUT2D eigenvalue weighted by molar-refractivity contribution is 0.0216. The molecule has 1 aromatic rings. The highest BCUT2D eigenvalue weighted by Gasteiger charge is 2.17. The first kappa shape index (κ1) is 11.1. The summed E-state index contributed by atoms with van der Waals surface area (Å²) < 4.78 is 0. The number of aliphatic hydroxyl groups is 2. The maximum atomic E-state index is 9.58. The topological polar surface area (TPSA) is 64.2 Å². The van der Waals surface area contributed by atoms with Crippen molar-refractivity contribution in [3.8, 4) is 6.07 Å². The van der Waals surface area contributed by atoms with Gasteiger partial charge in [0.25, 0.3) is 0 Å². The molecule has 74 valence electrons. The number of rotatable bonds is 3. The Morgan fingerprint density at radius 3 is 2.36 bits per heavy atom. The van der Waals surface area contributed by atoms with E-state index in [2.05, 4.69) is 12.6 Å². The molecule has 0 aliphatic rings. The van der Waals surface area contributed by atoms with Crippen LogP contribution < -0.4 is 0 Å². The first-order valence-corrected chi connectivity index (χ1v) is 4.62. The van der Waals surface area contributed by atoms with E-state index in [9.17, 15) is 10.2 Å². The van der Waals surface area contributed by atoms with E-state index in [1.54, 1.807) is 30.3 Å². The summed E-state index contributed by atoms with van der Waals surface area (Å²) in [6.07, 6.45) is -2.13. The molecule has 0 spiro atoms. The van der Waals surface area contributed by atoms with Crippen LogP contribution in [0.15, 0.2) is 29.2 Å². The van der Waals surface area contributed by atoms with Gasteiger partial charge >= 0.3 is 0 Å². The minimum atomic E-state index is -1.04. The fourth-order valence-corrected chi connectivity index (χ4v) is 1.25. The maximum absolute atomic E-state index is 9.58. The summed E-state index contributed by atoms with van der Waals surface area (Å²) in [5.41, 5.74) is 0.588. The van der Waals surface area contributed by atoms with Gasteiger partial charge in [-0.05, 0) is 17.7 Å². The van der Waals surface area contributed by atoms with Gasteiger partial charge in [-0.1, -0.05) is 12.1 Å². The second-order valence-electron chi connectivity index (χ2n) is 2.97. The summed E-state index contributed by atoms with van der Waals surface area (Å²) in [5, 5.41) is 27.3. The molecule has 0 bridgehead atoms. The van der Waals surface area contributed by atoms with E-state index in [-0.39, 0.29) is 6.42 Å². The predicted octanol–water partition coefficient (Wildman–Crippen LogP) is 1.28. The molecule has 0 aliphatic carbocycles. The van der Waals surface area contributed by atoms with Gasteiger partial charge in [-0.25, -0.2) is 0 Å². The van der Waals surface area contributed by atoms with Crippen molar-refractivity contribution >= 4 is 12.6 Å². The normalized spacial score (nSPS) is 14.4. The smallest absolute Gasteiger partial charge is 0.106 e. The molecule has 2 N–H and O–H groups in total. The summed E-state index contributed by atoms with van der Waals surface area (Å²) in [4.78, 5) is 0.788. The van der Waals surface area contributed by atoms with Gasteiger partial charge in [0.2, 0.25) is 0 Å². The third kappa shape index (κ3) is 2.74. The minimum Gasteiger partial charge on any atom is -0.389 e. The molecule has 2 unspecified atom stereocenters. The molecule has 2 atom stereocenters. The van der Waals surface area contributed by atoms with Gasteiger partial charge in [0.05, 0.1) is 18.6 Å². The number of hydrogen-bond acceptors (Lipinski definition) is 4. The van der Waals surface area contributed by atoms with Crippen molar-refractivity contribution in [3.05, 3.63) is 29.8 Å². The molecule has 0 amide bonds. The summed E-state index contributed by atoms with van der Waals surface area (Å²) in [7, 11) is 0. The summed E-state index contributed by atoms with van der Waals surface area (Å²) in [5.74, 6) is 0. The number of thiol groups is 1. The fourth-order valence-electron chi connectivity index (χ4n) is 1.10. The molecule has 0 fully saturated rings. The Hall–Kier alpha value is -1.02. The van der Waals surface area contributed by atoms with Crippen LogP contribution in [0.2, 0.25) is 0 Å². The molecule has 0 radical (unpaired) electrons. The quantitative estimate of drug-likeness (QED) is 0.657.